The van der Waals surface area contributed by atoms with Gasteiger partial charge in [0, 0.05) is 12.8 Å². The van der Waals surface area contributed by atoms with E-state index in [1.807, 2.05) is 13.1 Å². The van der Waals surface area contributed by atoms with Gasteiger partial charge >= 0.3 is 0 Å². The van der Waals surface area contributed by atoms with E-state index >= 15 is 0 Å². The fraction of sp³-hybridized carbons (Fsp3) is 0.462. The van der Waals surface area contributed by atoms with Gasteiger partial charge in [-0.05, 0) is 37.2 Å². The van der Waals surface area contributed by atoms with Gasteiger partial charge in [0.05, 0.1) is 6.42 Å². The topological polar surface area (TPSA) is 41.6 Å². The van der Waals surface area contributed by atoms with E-state index in [-0.39, 0.29) is 5.91 Å². The maximum absolute atomic E-state index is 11.8. The Morgan fingerprint density at radius 1 is 1.47 bits per heavy atom. The number of amides is 1. The molecule has 1 N–H and O–H groups in total. The number of benzene rings is 1. The van der Waals surface area contributed by atoms with Crippen molar-refractivity contribution >= 4 is 11.6 Å². The van der Waals surface area contributed by atoms with Crippen molar-refractivity contribution in [2.45, 2.75) is 12.8 Å². The Balaban J connectivity index is 2.18. The number of nitrogens with zero attached hydrogens (tertiary/aromatic N) is 1. The number of likely N-dealkylation sites (N-methyl/N-ethyl adjacent to an activating group) is 1. The van der Waals surface area contributed by atoms with E-state index < -0.39 is 0 Å². The highest BCUT2D eigenvalue weighted by molar-refractivity contribution is 6.01. The van der Waals surface area contributed by atoms with Crippen molar-refractivity contribution < 1.29 is 9.53 Å². The van der Waals surface area contributed by atoms with E-state index in [2.05, 4.69) is 17.4 Å². The summed E-state index contributed by atoms with van der Waals surface area (Å²) in [5.41, 5.74) is 3.37. The SMILES string of the molecule is CNCCc1ccc2c(c1)CC(=O)N2COC. The average Bonchev–Trinajstić information content (AvgIpc) is 2.63. The lowest BCUT2D eigenvalue weighted by Gasteiger charge is -2.16. The van der Waals surface area contributed by atoms with E-state index in [1.54, 1.807) is 12.0 Å². The maximum atomic E-state index is 11.8. The zero-order valence-corrected chi connectivity index (χ0v) is 10.3. The molecule has 4 nitrogen and oxygen atoms in total. The molecule has 1 aliphatic heterocycles. The lowest BCUT2D eigenvalue weighted by Crippen LogP contribution is -2.28. The maximum Gasteiger partial charge on any atom is 0.233 e. The summed E-state index contributed by atoms with van der Waals surface area (Å²) in [6.45, 7) is 1.29. The molecular weight excluding hydrogens is 216 g/mol. The van der Waals surface area contributed by atoms with Crippen LogP contribution >= 0.6 is 0 Å². The van der Waals surface area contributed by atoms with E-state index in [0.29, 0.717) is 13.2 Å². The number of hydrogen-bond acceptors (Lipinski definition) is 3. The largest absolute Gasteiger partial charge is 0.364 e. The van der Waals surface area contributed by atoms with Gasteiger partial charge < -0.3 is 10.1 Å². The van der Waals surface area contributed by atoms with Crippen LogP contribution in [0.15, 0.2) is 18.2 Å². The molecule has 1 aliphatic rings. The van der Waals surface area contributed by atoms with Gasteiger partial charge in [-0.3, -0.25) is 9.69 Å². The molecule has 0 saturated carbocycles. The second-order valence-corrected chi connectivity index (χ2v) is 4.23. The minimum Gasteiger partial charge on any atom is -0.364 e. The van der Waals surface area contributed by atoms with Gasteiger partial charge in [-0.2, -0.15) is 0 Å². The molecule has 0 aliphatic carbocycles. The van der Waals surface area contributed by atoms with Gasteiger partial charge in [-0.25, -0.2) is 0 Å². The lowest BCUT2D eigenvalue weighted by atomic mass is 10.1. The molecule has 1 aromatic rings. The molecule has 4 heteroatoms. The first kappa shape index (κ1) is 12.1. The molecule has 1 heterocycles. The summed E-state index contributed by atoms with van der Waals surface area (Å²) in [6.07, 6.45) is 1.48. The molecule has 0 bridgehead atoms. The fourth-order valence-electron chi connectivity index (χ4n) is 2.13. The van der Waals surface area contributed by atoms with E-state index in [1.165, 1.54) is 5.56 Å². The van der Waals surface area contributed by atoms with Crippen LogP contribution in [0, 0.1) is 0 Å². The van der Waals surface area contributed by atoms with Gasteiger partial charge in [0.25, 0.3) is 0 Å². The first-order valence-electron chi connectivity index (χ1n) is 5.82. The normalized spacial score (nSPS) is 14.2. The standard InChI is InChI=1S/C13H18N2O2/c1-14-6-5-10-3-4-12-11(7-10)8-13(16)15(12)9-17-2/h3-4,7,14H,5-6,8-9H2,1-2H3. The number of carbonyl (C=O) groups is 1. The van der Waals surface area contributed by atoms with Crippen molar-refractivity contribution in [2.75, 3.05) is 32.3 Å². The first-order chi connectivity index (χ1) is 8.26. The molecule has 1 amide bonds. The molecule has 0 radical (unpaired) electrons. The van der Waals surface area contributed by atoms with Crippen molar-refractivity contribution in [1.82, 2.24) is 5.32 Å². The quantitative estimate of drug-likeness (QED) is 0.824. The molecule has 0 unspecified atom stereocenters. The highest BCUT2D eigenvalue weighted by atomic mass is 16.5. The summed E-state index contributed by atoms with van der Waals surface area (Å²) in [7, 11) is 3.55. The van der Waals surface area contributed by atoms with Crippen LogP contribution in [0.3, 0.4) is 0 Å². The molecule has 0 saturated heterocycles. The molecule has 17 heavy (non-hydrogen) atoms. The van der Waals surface area contributed by atoms with E-state index in [4.69, 9.17) is 4.74 Å². The van der Waals surface area contributed by atoms with E-state index in [9.17, 15) is 4.79 Å². The van der Waals surface area contributed by atoms with Crippen LogP contribution in [-0.4, -0.2) is 33.3 Å². The van der Waals surface area contributed by atoms with Crippen molar-refractivity contribution in [2.24, 2.45) is 0 Å². The minimum absolute atomic E-state index is 0.118. The summed E-state index contributed by atoms with van der Waals surface area (Å²) < 4.78 is 5.04. The second kappa shape index (κ2) is 5.29. The second-order valence-electron chi connectivity index (χ2n) is 4.23. The number of hydrogen-bond donors (Lipinski definition) is 1. The van der Waals surface area contributed by atoms with Crippen LogP contribution < -0.4 is 10.2 Å². The van der Waals surface area contributed by atoms with Crippen LogP contribution in [-0.2, 0) is 22.4 Å². The zero-order valence-electron chi connectivity index (χ0n) is 10.3. The summed E-state index contributed by atoms with van der Waals surface area (Å²) in [5, 5.41) is 3.12. The van der Waals surface area contributed by atoms with Gasteiger partial charge in [0.15, 0.2) is 0 Å². The van der Waals surface area contributed by atoms with Gasteiger partial charge in [-0.15, -0.1) is 0 Å². The van der Waals surface area contributed by atoms with Crippen LogP contribution in [0.2, 0.25) is 0 Å². The average molecular weight is 234 g/mol. The molecule has 2 rings (SSSR count). The van der Waals surface area contributed by atoms with Gasteiger partial charge in [0.1, 0.15) is 6.73 Å². The number of carbonyl (C=O) groups excluding carboxylic acids is 1. The Morgan fingerprint density at radius 3 is 3.00 bits per heavy atom. The minimum atomic E-state index is 0.118. The third kappa shape index (κ3) is 2.48. The number of fused-ring (bicyclic) bond motifs is 1. The number of nitrogens with one attached hydrogen (secondary N) is 1. The van der Waals surface area contributed by atoms with Crippen molar-refractivity contribution in [3.8, 4) is 0 Å². The molecule has 0 atom stereocenters. The van der Waals surface area contributed by atoms with Gasteiger partial charge in [0.2, 0.25) is 5.91 Å². The summed E-state index contributed by atoms with van der Waals surface area (Å²) in [5.74, 6) is 0.118. The third-order valence-corrected chi connectivity index (χ3v) is 3.00. The molecule has 92 valence electrons. The highest BCUT2D eigenvalue weighted by Gasteiger charge is 2.26. The Kier molecular flexibility index (Phi) is 3.76. The smallest absolute Gasteiger partial charge is 0.233 e. The zero-order chi connectivity index (χ0) is 12.3. The molecule has 1 aromatic carbocycles. The van der Waals surface area contributed by atoms with E-state index in [0.717, 1.165) is 24.2 Å². The van der Waals surface area contributed by atoms with Crippen molar-refractivity contribution in [1.29, 1.82) is 0 Å². The van der Waals surface area contributed by atoms with Crippen LogP contribution in [0.25, 0.3) is 0 Å². The predicted octanol–water partition coefficient (Wildman–Crippen LogP) is 0.942. The monoisotopic (exact) mass is 234 g/mol. The Labute approximate surface area is 102 Å². The predicted molar refractivity (Wildman–Crippen MR) is 67.1 cm³/mol. The third-order valence-electron chi connectivity index (χ3n) is 3.00. The number of methoxy groups -OCH3 is 1. The highest BCUT2D eigenvalue weighted by Crippen LogP contribution is 2.29. The van der Waals surface area contributed by atoms with Crippen molar-refractivity contribution in [3.63, 3.8) is 0 Å². The van der Waals surface area contributed by atoms with Crippen LogP contribution in [0.1, 0.15) is 11.1 Å². The summed E-state index contributed by atoms with van der Waals surface area (Å²) in [4.78, 5) is 13.5. The lowest BCUT2D eigenvalue weighted by molar-refractivity contribution is -0.118. The van der Waals surface area contributed by atoms with Crippen LogP contribution in [0.4, 0.5) is 5.69 Å². The number of ether oxygens (including phenoxy) is 1. The fourth-order valence-corrected chi connectivity index (χ4v) is 2.13. The first-order valence-corrected chi connectivity index (χ1v) is 5.82. The Bertz CT molecular complexity index is 418. The Hall–Kier alpha value is -1.39. The summed E-state index contributed by atoms with van der Waals surface area (Å²) in [6, 6.07) is 6.22. The molecule has 0 spiro atoms. The van der Waals surface area contributed by atoms with Crippen molar-refractivity contribution in [3.05, 3.63) is 29.3 Å². The number of rotatable bonds is 5. The van der Waals surface area contributed by atoms with Gasteiger partial charge in [-0.1, -0.05) is 12.1 Å². The number of anilines is 1. The van der Waals surface area contributed by atoms with Crippen LogP contribution in [0.5, 0.6) is 0 Å². The molecule has 0 fully saturated rings. The molecular formula is C13H18N2O2. The molecule has 0 aromatic heterocycles. The Morgan fingerprint density at radius 2 is 2.29 bits per heavy atom. The summed E-state index contributed by atoms with van der Waals surface area (Å²) >= 11 is 0.